The van der Waals surface area contributed by atoms with Gasteiger partial charge in [-0.15, -0.1) is 0 Å². The van der Waals surface area contributed by atoms with Crippen LogP contribution < -0.4 is 20.3 Å². The van der Waals surface area contributed by atoms with Gasteiger partial charge in [0.25, 0.3) is 5.91 Å². The molecule has 1 aromatic rings. The number of carbonyl (C=O) groups is 3. The lowest BCUT2D eigenvalue weighted by Crippen LogP contribution is -2.48. The molecule has 8 nitrogen and oxygen atoms in total. The molecule has 2 atom stereocenters. The Kier molecular flexibility index (Phi) is 4.83. The number of hydrogen-bond donors (Lipinski definition) is 3. The number of fused-ring (bicyclic) bond motifs is 1. The molecule has 0 radical (unpaired) electrons. The lowest BCUT2D eigenvalue weighted by atomic mass is 9.76. The van der Waals surface area contributed by atoms with Crippen molar-refractivity contribution in [1.29, 1.82) is 0 Å². The molecule has 138 valence electrons. The van der Waals surface area contributed by atoms with E-state index in [0.717, 1.165) is 11.1 Å². The van der Waals surface area contributed by atoms with E-state index in [0.29, 0.717) is 29.9 Å². The highest BCUT2D eigenvalue weighted by atomic mass is 16.7. The molecule has 2 amide bonds. The summed E-state index contributed by atoms with van der Waals surface area (Å²) >= 11 is 0. The molecule has 0 fully saturated rings. The van der Waals surface area contributed by atoms with E-state index in [9.17, 15) is 19.5 Å². The predicted molar refractivity (Wildman–Crippen MR) is 90.4 cm³/mol. The van der Waals surface area contributed by atoms with Gasteiger partial charge in [0.1, 0.15) is 0 Å². The lowest BCUT2D eigenvalue weighted by Gasteiger charge is -2.29. The van der Waals surface area contributed by atoms with Gasteiger partial charge in [0.15, 0.2) is 11.5 Å². The Morgan fingerprint density at radius 2 is 1.65 bits per heavy atom. The van der Waals surface area contributed by atoms with Crippen molar-refractivity contribution >= 4 is 17.8 Å². The summed E-state index contributed by atoms with van der Waals surface area (Å²) < 4.78 is 10.4. The van der Waals surface area contributed by atoms with Crippen molar-refractivity contribution in [3.63, 3.8) is 0 Å². The summed E-state index contributed by atoms with van der Waals surface area (Å²) in [6, 6.07) is 4.67. The van der Waals surface area contributed by atoms with Crippen LogP contribution in [0.4, 0.5) is 0 Å². The van der Waals surface area contributed by atoms with E-state index in [1.807, 2.05) is 13.8 Å². The van der Waals surface area contributed by atoms with E-state index < -0.39 is 29.6 Å². The van der Waals surface area contributed by atoms with Gasteiger partial charge in [0.2, 0.25) is 12.7 Å². The minimum atomic E-state index is -1.01. The number of carbonyl (C=O) groups excluding carboxylic acids is 2. The van der Waals surface area contributed by atoms with Crippen molar-refractivity contribution in [3.8, 4) is 11.5 Å². The van der Waals surface area contributed by atoms with Gasteiger partial charge in [-0.3, -0.25) is 25.2 Å². The zero-order valence-electron chi connectivity index (χ0n) is 14.5. The van der Waals surface area contributed by atoms with Gasteiger partial charge in [0, 0.05) is 5.56 Å². The third-order valence-corrected chi connectivity index (χ3v) is 4.85. The summed E-state index contributed by atoms with van der Waals surface area (Å²) in [5.74, 6) is -2.58. The second-order valence-electron chi connectivity index (χ2n) is 6.53. The molecule has 3 N–H and O–H groups in total. The number of nitrogens with one attached hydrogen (secondary N) is 2. The van der Waals surface area contributed by atoms with Crippen molar-refractivity contribution in [3.05, 3.63) is 34.9 Å². The molecule has 3 rings (SSSR count). The molecular weight excluding hydrogens is 340 g/mol. The molecule has 0 aromatic heterocycles. The zero-order chi connectivity index (χ0) is 18.8. The van der Waals surface area contributed by atoms with E-state index in [1.54, 1.807) is 12.1 Å². The first-order valence-electron chi connectivity index (χ1n) is 8.24. The number of aliphatic carboxylic acids is 1. The number of allylic oxidation sites excluding steroid dienone is 2. The fraction of sp³-hybridized carbons (Fsp3) is 0.389. The predicted octanol–water partition coefficient (Wildman–Crippen LogP) is 1.62. The van der Waals surface area contributed by atoms with E-state index in [-0.39, 0.29) is 6.79 Å². The third kappa shape index (κ3) is 3.49. The molecule has 8 heteroatoms. The molecule has 0 saturated carbocycles. The summed E-state index contributed by atoms with van der Waals surface area (Å²) in [6.07, 6.45) is 0.684. The van der Waals surface area contributed by atoms with Crippen LogP contribution >= 0.6 is 0 Å². The number of carboxylic acid groups (broad SMARTS) is 1. The summed E-state index contributed by atoms with van der Waals surface area (Å²) in [4.78, 5) is 36.1. The summed E-state index contributed by atoms with van der Waals surface area (Å²) in [6.45, 7) is 3.86. The molecular formula is C18H20N2O6. The number of amides is 2. The number of hydrazine groups is 1. The summed E-state index contributed by atoms with van der Waals surface area (Å²) in [7, 11) is 0. The van der Waals surface area contributed by atoms with Crippen LogP contribution in [0.5, 0.6) is 11.5 Å². The first kappa shape index (κ1) is 17.8. The second kappa shape index (κ2) is 7.07. The maximum Gasteiger partial charge on any atom is 0.307 e. The van der Waals surface area contributed by atoms with E-state index in [2.05, 4.69) is 10.9 Å². The van der Waals surface area contributed by atoms with Crippen LogP contribution in [-0.2, 0) is 9.59 Å². The Morgan fingerprint density at radius 3 is 2.35 bits per heavy atom. The molecule has 1 aliphatic heterocycles. The summed E-state index contributed by atoms with van der Waals surface area (Å²) in [5.41, 5.74) is 6.96. The molecule has 2 aliphatic rings. The average molecular weight is 360 g/mol. The van der Waals surface area contributed by atoms with Crippen molar-refractivity contribution < 1.29 is 29.0 Å². The molecule has 1 aliphatic carbocycles. The van der Waals surface area contributed by atoms with Crippen molar-refractivity contribution in [2.45, 2.75) is 26.7 Å². The lowest BCUT2D eigenvalue weighted by molar-refractivity contribution is -0.147. The maximum absolute atomic E-state index is 12.4. The highest BCUT2D eigenvalue weighted by Crippen LogP contribution is 2.34. The number of hydrogen-bond acceptors (Lipinski definition) is 5. The minimum absolute atomic E-state index is 0.0989. The fourth-order valence-corrected chi connectivity index (χ4v) is 3.15. The Hall–Kier alpha value is -3.03. The zero-order valence-corrected chi connectivity index (χ0v) is 14.5. The Morgan fingerprint density at radius 1 is 1.00 bits per heavy atom. The topological polar surface area (TPSA) is 114 Å². The Labute approximate surface area is 150 Å². The van der Waals surface area contributed by atoms with Gasteiger partial charge in [0.05, 0.1) is 11.8 Å². The summed E-state index contributed by atoms with van der Waals surface area (Å²) in [5, 5.41) is 9.39. The maximum atomic E-state index is 12.4. The van der Waals surface area contributed by atoms with Crippen LogP contribution in [0.3, 0.4) is 0 Å². The van der Waals surface area contributed by atoms with Gasteiger partial charge in [-0.25, -0.2) is 0 Å². The molecule has 0 bridgehead atoms. The van der Waals surface area contributed by atoms with Crippen LogP contribution in [0.2, 0.25) is 0 Å². The SMILES string of the molecule is CC1=C(C)C[C@@H](C(=O)NNC(=O)c2ccc3c(c2)OCO3)[C@@H](C(=O)O)C1. The number of carboxylic acids is 1. The minimum Gasteiger partial charge on any atom is -0.481 e. The molecule has 0 saturated heterocycles. The van der Waals surface area contributed by atoms with E-state index in [4.69, 9.17) is 9.47 Å². The monoisotopic (exact) mass is 360 g/mol. The van der Waals surface area contributed by atoms with Crippen molar-refractivity contribution in [1.82, 2.24) is 10.9 Å². The van der Waals surface area contributed by atoms with Crippen LogP contribution in [-0.4, -0.2) is 29.7 Å². The van der Waals surface area contributed by atoms with Gasteiger partial charge in [-0.05, 0) is 44.9 Å². The van der Waals surface area contributed by atoms with Crippen LogP contribution in [0, 0.1) is 11.8 Å². The standard InChI is InChI=1S/C18H20N2O6/c1-9-5-12(13(18(23)24)6-10(9)2)17(22)20-19-16(21)11-3-4-14-15(7-11)26-8-25-14/h3-4,7,12-13H,5-6,8H2,1-2H3,(H,19,21)(H,20,22)(H,23,24)/t12-,13+/m1/s1. The first-order chi connectivity index (χ1) is 12.4. The number of ether oxygens (including phenoxy) is 2. The van der Waals surface area contributed by atoms with Gasteiger partial charge >= 0.3 is 5.97 Å². The molecule has 0 spiro atoms. The van der Waals surface area contributed by atoms with Crippen molar-refractivity contribution in [2.75, 3.05) is 6.79 Å². The number of rotatable bonds is 3. The first-order valence-corrected chi connectivity index (χ1v) is 8.24. The normalized spacial score (nSPS) is 21.3. The highest BCUT2D eigenvalue weighted by Gasteiger charge is 2.37. The highest BCUT2D eigenvalue weighted by molar-refractivity contribution is 5.96. The largest absolute Gasteiger partial charge is 0.481 e. The molecule has 26 heavy (non-hydrogen) atoms. The van der Waals surface area contributed by atoms with Crippen LogP contribution in [0.15, 0.2) is 29.3 Å². The second-order valence-corrected chi connectivity index (χ2v) is 6.53. The third-order valence-electron chi connectivity index (χ3n) is 4.85. The van der Waals surface area contributed by atoms with Crippen LogP contribution in [0.25, 0.3) is 0 Å². The molecule has 1 heterocycles. The Bertz CT molecular complexity index is 801. The van der Waals surface area contributed by atoms with E-state index >= 15 is 0 Å². The fourth-order valence-electron chi connectivity index (χ4n) is 3.15. The van der Waals surface area contributed by atoms with E-state index in [1.165, 1.54) is 6.07 Å². The van der Waals surface area contributed by atoms with Crippen molar-refractivity contribution in [2.24, 2.45) is 11.8 Å². The average Bonchev–Trinajstić information content (AvgIpc) is 3.08. The van der Waals surface area contributed by atoms with Crippen LogP contribution in [0.1, 0.15) is 37.0 Å². The van der Waals surface area contributed by atoms with Gasteiger partial charge in [-0.2, -0.15) is 0 Å². The number of benzene rings is 1. The van der Waals surface area contributed by atoms with Gasteiger partial charge in [-0.1, -0.05) is 11.1 Å². The Balaban J connectivity index is 1.64. The quantitative estimate of drug-likeness (QED) is 0.558. The smallest absolute Gasteiger partial charge is 0.307 e. The molecule has 1 aromatic carbocycles. The van der Waals surface area contributed by atoms with Gasteiger partial charge < -0.3 is 14.6 Å². The molecule has 0 unspecified atom stereocenters.